The number of esters is 1. The summed E-state index contributed by atoms with van der Waals surface area (Å²) in [5.41, 5.74) is -0.193. The van der Waals surface area contributed by atoms with Crippen molar-refractivity contribution < 1.29 is 33.6 Å². The van der Waals surface area contributed by atoms with Crippen LogP contribution >= 0.6 is 0 Å². The molecule has 2 N–H and O–H groups in total. The predicted octanol–water partition coefficient (Wildman–Crippen LogP) is 3.24. The molecule has 4 atom stereocenters. The molecule has 2 aliphatic carbocycles. The fourth-order valence-corrected chi connectivity index (χ4v) is 4.59. The molecule has 9 nitrogen and oxygen atoms in total. The first kappa shape index (κ1) is 25.7. The van der Waals surface area contributed by atoms with Gasteiger partial charge in [0.25, 0.3) is 5.91 Å². The molecule has 0 unspecified atom stereocenters. The highest BCUT2D eigenvalue weighted by molar-refractivity contribution is 5.97. The number of pyridine rings is 1. The van der Waals surface area contributed by atoms with Crippen molar-refractivity contribution in [2.45, 2.75) is 76.5 Å². The molecule has 1 aliphatic heterocycles. The number of nitrogens with zero attached hydrogens (tertiary/aromatic N) is 1. The molecule has 1 aromatic rings. The lowest BCUT2D eigenvalue weighted by Crippen LogP contribution is -2.44. The van der Waals surface area contributed by atoms with Crippen LogP contribution in [0.25, 0.3) is 0 Å². The Hall–Kier alpha value is -2.39. The zero-order valence-electron chi connectivity index (χ0n) is 20.7. The maximum atomic E-state index is 13.0. The van der Waals surface area contributed by atoms with Gasteiger partial charge in [-0.2, -0.15) is 0 Å². The molecular formula is C26H38N2O7. The third-order valence-corrected chi connectivity index (χ3v) is 7.11. The standard InChI is InChI=1S/C26H38N2O7/c1-16-24(34-15-18-8-9-18)19(11-13-33-14-17-6-7-17)4-3-5-20(26(31)35-16)28-25(30)22-23(29)21(32-2)10-12-27-22/h10,12,16-20,24,29H,3-9,11,13-15H2,1-2H3,(H,28,30)/t16-,19+,20-,24-/m0/s1. The van der Waals surface area contributed by atoms with E-state index in [0.29, 0.717) is 25.6 Å². The first-order chi connectivity index (χ1) is 17.0. The van der Waals surface area contributed by atoms with Crippen LogP contribution in [-0.4, -0.2) is 67.1 Å². The summed E-state index contributed by atoms with van der Waals surface area (Å²) in [4.78, 5) is 29.8. The van der Waals surface area contributed by atoms with Gasteiger partial charge in [-0.25, -0.2) is 9.78 Å². The highest BCUT2D eigenvalue weighted by Gasteiger charge is 2.36. The number of aromatic hydroxyl groups is 1. The summed E-state index contributed by atoms with van der Waals surface area (Å²) < 4.78 is 23.1. The molecule has 2 heterocycles. The van der Waals surface area contributed by atoms with Crippen molar-refractivity contribution in [1.82, 2.24) is 10.3 Å². The Morgan fingerprint density at radius 3 is 2.63 bits per heavy atom. The van der Waals surface area contributed by atoms with Crippen molar-refractivity contribution in [2.24, 2.45) is 17.8 Å². The van der Waals surface area contributed by atoms with Gasteiger partial charge in [-0.15, -0.1) is 0 Å². The van der Waals surface area contributed by atoms with Crippen molar-refractivity contribution >= 4 is 11.9 Å². The Bertz CT molecular complexity index is 871. The topological polar surface area (TPSA) is 116 Å². The van der Waals surface area contributed by atoms with E-state index in [9.17, 15) is 14.7 Å². The number of methoxy groups -OCH3 is 1. The molecule has 4 rings (SSSR count). The molecule has 194 valence electrons. The molecule has 9 heteroatoms. The number of aromatic nitrogens is 1. The predicted molar refractivity (Wildman–Crippen MR) is 127 cm³/mol. The second-order valence-corrected chi connectivity index (χ2v) is 10.1. The normalized spacial score (nSPS) is 27.3. The number of hydrogen-bond donors (Lipinski definition) is 2. The van der Waals surface area contributed by atoms with Crippen molar-refractivity contribution in [2.75, 3.05) is 26.9 Å². The van der Waals surface area contributed by atoms with Gasteiger partial charge in [0, 0.05) is 32.1 Å². The summed E-state index contributed by atoms with van der Waals surface area (Å²) >= 11 is 0. The number of carbonyl (C=O) groups excluding carboxylic acids is 2. The van der Waals surface area contributed by atoms with Crippen LogP contribution in [0, 0.1) is 17.8 Å². The minimum atomic E-state index is -0.841. The van der Waals surface area contributed by atoms with Crippen LogP contribution in [0.1, 0.15) is 68.8 Å². The second-order valence-electron chi connectivity index (χ2n) is 10.1. The fourth-order valence-electron chi connectivity index (χ4n) is 4.59. The maximum absolute atomic E-state index is 13.0. The first-order valence-electron chi connectivity index (χ1n) is 12.9. The molecule has 1 saturated heterocycles. The molecule has 35 heavy (non-hydrogen) atoms. The zero-order chi connectivity index (χ0) is 24.8. The fraction of sp³-hybridized carbons (Fsp3) is 0.731. The quantitative estimate of drug-likeness (QED) is 0.359. The maximum Gasteiger partial charge on any atom is 0.329 e. The van der Waals surface area contributed by atoms with Gasteiger partial charge in [0.05, 0.1) is 13.2 Å². The Kier molecular flexibility index (Phi) is 8.83. The van der Waals surface area contributed by atoms with Crippen LogP contribution in [0.15, 0.2) is 12.3 Å². The summed E-state index contributed by atoms with van der Waals surface area (Å²) in [5.74, 6) is 0.151. The van der Waals surface area contributed by atoms with Gasteiger partial charge in [0.1, 0.15) is 12.1 Å². The summed E-state index contributed by atoms with van der Waals surface area (Å²) in [6.07, 6.45) is 8.47. The smallest absolute Gasteiger partial charge is 0.329 e. The van der Waals surface area contributed by atoms with Crippen LogP contribution in [0.2, 0.25) is 0 Å². The monoisotopic (exact) mass is 490 g/mol. The summed E-state index contributed by atoms with van der Waals surface area (Å²) in [6, 6.07) is 0.615. The lowest BCUT2D eigenvalue weighted by molar-refractivity contribution is -0.161. The average Bonchev–Trinajstić information content (AvgIpc) is 3.76. The van der Waals surface area contributed by atoms with E-state index in [1.807, 2.05) is 6.92 Å². The van der Waals surface area contributed by atoms with Crippen molar-refractivity contribution in [3.05, 3.63) is 18.0 Å². The third kappa shape index (κ3) is 7.30. The Labute approximate surface area is 206 Å². The molecule has 3 aliphatic rings. The van der Waals surface area contributed by atoms with Crippen LogP contribution < -0.4 is 10.1 Å². The van der Waals surface area contributed by atoms with Gasteiger partial charge >= 0.3 is 5.97 Å². The SMILES string of the molecule is COc1ccnc(C(=O)N[C@H]2CCC[C@H](CCOCC3CC3)[C@@H](OCC3CC3)[C@H](C)OC2=O)c1O. The first-order valence-corrected chi connectivity index (χ1v) is 12.9. The van der Waals surface area contributed by atoms with Crippen LogP contribution in [0.3, 0.4) is 0 Å². The number of amides is 1. The Morgan fingerprint density at radius 2 is 1.91 bits per heavy atom. The number of nitrogens with one attached hydrogen (secondary N) is 1. The number of ether oxygens (including phenoxy) is 4. The van der Waals surface area contributed by atoms with E-state index in [2.05, 4.69) is 10.3 Å². The third-order valence-electron chi connectivity index (χ3n) is 7.11. The molecule has 0 spiro atoms. The van der Waals surface area contributed by atoms with Crippen molar-refractivity contribution in [3.63, 3.8) is 0 Å². The lowest BCUT2D eigenvalue weighted by Gasteiger charge is -2.31. The van der Waals surface area contributed by atoms with Gasteiger partial charge in [0.15, 0.2) is 17.2 Å². The van der Waals surface area contributed by atoms with E-state index >= 15 is 0 Å². The number of carbonyl (C=O) groups is 2. The highest BCUT2D eigenvalue weighted by atomic mass is 16.6. The molecule has 3 fully saturated rings. The van der Waals surface area contributed by atoms with E-state index in [1.54, 1.807) is 0 Å². The summed E-state index contributed by atoms with van der Waals surface area (Å²) in [5, 5.41) is 13.0. The molecule has 0 bridgehead atoms. The largest absolute Gasteiger partial charge is 0.503 e. The lowest BCUT2D eigenvalue weighted by atomic mass is 9.89. The minimum absolute atomic E-state index is 0.137. The number of cyclic esters (lactones) is 1. The van der Waals surface area contributed by atoms with Crippen LogP contribution in [0.4, 0.5) is 0 Å². The molecule has 0 aromatic carbocycles. The van der Waals surface area contributed by atoms with Crippen molar-refractivity contribution in [1.29, 1.82) is 0 Å². The van der Waals surface area contributed by atoms with E-state index in [4.69, 9.17) is 18.9 Å². The molecular weight excluding hydrogens is 452 g/mol. The van der Waals surface area contributed by atoms with Gasteiger partial charge < -0.3 is 29.4 Å². The van der Waals surface area contributed by atoms with E-state index in [1.165, 1.54) is 45.1 Å². The average molecular weight is 491 g/mol. The minimum Gasteiger partial charge on any atom is -0.503 e. The molecule has 0 radical (unpaired) electrons. The summed E-state index contributed by atoms with van der Waals surface area (Å²) in [6.45, 7) is 4.05. The Balaban J connectivity index is 1.40. The second kappa shape index (κ2) is 12.0. The molecule has 1 amide bonds. The van der Waals surface area contributed by atoms with E-state index in [-0.39, 0.29) is 29.2 Å². The van der Waals surface area contributed by atoms with Crippen LogP contribution in [0.5, 0.6) is 11.5 Å². The Morgan fingerprint density at radius 1 is 1.17 bits per heavy atom. The highest BCUT2D eigenvalue weighted by Crippen LogP contribution is 2.33. The van der Waals surface area contributed by atoms with Crippen LogP contribution in [-0.2, 0) is 19.0 Å². The van der Waals surface area contributed by atoms with Gasteiger partial charge in [-0.3, -0.25) is 4.79 Å². The number of hydrogen-bond acceptors (Lipinski definition) is 8. The van der Waals surface area contributed by atoms with Gasteiger partial charge in [-0.1, -0.05) is 6.42 Å². The van der Waals surface area contributed by atoms with E-state index in [0.717, 1.165) is 31.8 Å². The van der Waals surface area contributed by atoms with Crippen molar-refractivity contribution in [3.8, 4) is 11.5 Å². The zero-order valence-corrected chi connectivity index (χ0v) is 20.7. The summed E-state index contributed by atoms with van der Waals surface area (Å²) in [7, 11) is 1.39. The number of rotatable bonds is 11. The molecule has 1 aromatic heterocycles. The van der Waals surface area contributed by atoms with Gasteiger partial charge in [0.2, 0.25) is 0 Å². The molecule has 2 saturated carbocycles. The van der Waals surface area contributed by atoms with Gasteiger partial charge in [-0.05, 0) is 69.6 Å². The van der Waals surface area contributed by atoms with E-state index < -0.39 is 24.0 Å².